The van der Waals surface area contributed by atoms with Crippen molar-refractivity contribution in [2.24, 2.45) is 0 Å². The van der Waals surface area contributed by atoms with Crippen molar-refractivity contribution in [3.8, 4) is 0 Å². The monoisotopic (exact) mass is 362 g/mol. The van der Waals surface area contributed by atoms with Gasteiger partial charge in [-0.2, -0.15) is 0 Å². The summed E-state index contributed by atoms with van der Waals surface area (Å²) in [6.45, 7) is 8.04. The summed E-state index contributed by atoms with van der Waals surface area (Å²) < 4.78 is 6.45. The SMILES string of the molecule is CN(CCCNCc1sccc1Br)C(=O)OC(C)(C)C. The summed E-state index contributed by atoms with van der Waals surface area (Å²) in [6, 6.07) is 2.05. The largest absolute Gasteiger partial charge is 0.444 e. The summed E-state index contributed by atoms with van der Waals surface area (Å²) in [5.74, 6) is 0. The molecule has 0 aliphatic carbocycles. The first-order valence-electron chi connectivity index (χ1n) is 6.66. The van der Waals surface area contributed by atoms with Gasteiger partial charge in [0, 0.05) is 29.5 Å². The molecule has 114 valence electrons. The maximum absolute atomic E-state index is 11.7. The summed E-state index contributed by atoms with van der Waals surface area (Å²) in [4.78, 5) is 14.6. The van der Waals surface area contributed by atoms with E-state index in [4.69, 9.17) is 4.74 Å². The Balaban J connectivity index is 2.14. The van der Waals surface area contributed by atoms with Crippen molar-refractivity contribution in [1.82, 2.24) is 10.2 Å². The Bertz CT molecular complexity index is 429. The Kier molecular flexibility index (Phi) is 6.99. The first-order valence-corrected chi connectivity index (χ1v) is 8.33. The number of carbonyl (C=O) groups is 1. The van der Waals surface area contributed by atoms with Gasteiger partial charge in [0.2, 0.25) is 0 Å². The van der Waals surface area contributed by atoms with Gasteiger partial charge in [0.05, 0.1) is 0 Å². The molecule has 6 heteroatoms. The lowest BCUT2D eigenvalue weighted by molar-refractivity contribution is 0.0297. The number of ether oxygens (including phenoxy) is 1. The lowest BCUT2D eigenvalue weighted by Gasteiger charge is -2.24. The van der Waals surface area contributed by atoms with Gasteiger partial charge in [-0.15, -0.1) is 11.3 Å². The van der Waals surface area contributed by atoms with Crippen LogP contribution in [0.5, 0.6) is 0 Å². The van der Waals surface area contributed by atoms with Gasteiger partial charge in [0.15, 0.2) is 0 Å². The average Bonchev–Trinajstić information content (AvgIpc) is 2.72. The number of amides is 1. The number of carbonyl (C=O) groups excluding carboxylic acids is 1. The number of nitrogens with zero attached hydrogens (tertiary/aromatic N) is 1. The molecule has 0 bridgehead atoms. The molecule has 0 spiro atoms. The summed E-state index contributed by atoms with van der Waals surface area (Å²) in [7, 11) is 1.77. The van der Waals surface area contributed by atoms with E-state index in [9.17, 15) is 4.79 Å². The van der Waals surface area contributed by atoms with Crippen molar-refractivity contribution in [2.45, 2.75) is 39.3 Å². The molecule has 0 radical (unpaired) electrons. The van der Waals surface area contributed by atoms with Crippen LogP contribution < -0.4 is 5.32 Å². The van der Waals surface area contributed by atoms with Gasteiger partial charge in [-0.05, 0) is 61.1 Å². The molecule has 0 atom stereocenters. The fourth-order valence-corrected chi connectivity index (χ4v) is 2.99. The van der Waals surface area contributed by atoms with Crippen molar-refractivity contribution >= 4 is 33.4 Å². The molecular weight excluding hydrogens is 340 g/mol. The van der Waals surface area contributed by atoms with Crippen molar-refractivity contribution in [3.63, 3.8) is 0 Å². The maximum Gasteiger partial charge on any atom is 0.410 e. The van der Waals surface area contributed by atoms with Crippen LogP contribution >= 0.6 is 27.3 Å². The van der Waals surface area contributed by atoms with E-state index >= 15 is 0 Å². The molecule has 0 fully saturated rings. The maximum atomic E-state index is 11.7. The van der Waals surface area contributed by atoms with Crippen LogP contribution in [0.25, 0.3) is 0 Å². The molecule has 4 nitrogen and oxygen atoms in total. The Morgan fingerprint density at radius 3 is 2.75 bits per heavy atom. The second-order valence-electron chi connectivity index (χ2n) is 5.62. The number of halogens is 1. The lowest BCUT2D eigenvalue weighted by Crippen LogP contribution is -2.35. The van der Waals surface area contributed by atoms with Crippen molar-refractivity contribution < 1.29 is 9.53 Å². The third-order valence-corrected chi connectivity index (χ3v) is 4.46. The van der Waals surface area contributed by atoms with Crippen LogP contribution in [0.2, 0.25) is 0 Å². The second-order valence-corrected chi connectivity index (χ2v) is 7.48. The number of nitrogens with one attached hydrogen (secondary N) is 1. The highest BCUT2D eigenvalue weighted by Gasteiger charge is 2.18. The molecule has 20 heavy (non-hydrogen) atoms. The average molecular weight is 363 g/mol. The molecule has 0 aliphatic rings. The van der Waals surface area contributed by atoms with E-state index < -0.39 is 5.60 Å². The van der Waals surface area contributed by atoms with E-state index in [1.54, 1.807) is 23.3 Å². The second kappa shape index (κ2) is 8.00. The smallest absolute Gasteiger partial charge is 0.410 e. The molecule has 0 unspecified atom stereocenters. The molecule has 1 amide bonds. The molecule has 0 aromatic carbocycles. The lowest BCUT2D eigenvalue weighted by atomic mass is 10.2. The molecule has 1 aromatic heterocycles. The van der Waals surface area contributed by atoms with Crippen LogP contribution in [0.15, 0.2) is 15.9 Å². The highest BCUT2D eigenvalue weighted by Crippen LogP contribution is 2.22. The summed E-state index contributed by atoms with van der Waals surface area (Å²) >= 11 is 5.24. The molecule has 0 saturated carbocycles. The van der Waals surface area contributed by atoms with Crippen molar-refractivity contribution in [3.05, 3.63) is 20.8 Å². The van der Waals surface area contributed by atoms with E-state index in [1.165, 1.54) is 4.88 Å². The van der Waals surface area contributed by atoms with Crippen LogP contribution in [0.1, 0.15) is 32.1 Å². The van der Waals surface area contributed by atoms with Gasteiger partial charge < -0.3 is 15.0 Å². The molecule has 0 saturated heterocycles. The summed E-state index contributed by atoms with van der Waals surface area (Å²) in [5.41, 5.74) is -0.435. The first-order chi connectivity index (χ1) is 9.29. The topological polar surface area (TPSA) is 41.6 Å². The van der Waals surface area contributed by atoms with Gasteiger partial charge in [0.1, 0.15) is 5.60 Å². The minimum atomic E-state index is -0.435. The van der Waals surface area contributed by atoms with Crippen molar-refractivity contribution in [1.29, 1.82) is 0 Å². The minimum Gasteiger partial charge on any atom is -0.444 e. The molecule has 0 aliphatic heterocycles. The fourth-order valence-electron chi connectivity index (χ4n) is 1.53. The van der Waals surface area contributed by atoms with Crippen LogP contribution in [-0.2, 0) is 11.3 Å². The molecule has 1 heterocycles. The van der Waals surface area contributed by atoms with Crippen molar-refractivity contribution in [2.75, 3.05) is 20.1 Å². The van der Waals surface area contributed by atoms with Crippen LogP contribution in [0.4, 0.5) is 4.79 Å². The van der Waals surface area contributed by atoms with Crippen LogP contribution in [0, 0.1) is 0 Å². The summed E-state index contributed by atoms with van der Waals surface area (Å²) in [5, 5.41) is 5.44. The highest BCUT2D eigenvalue weighted by atomic mass is 79.9. The standard InChI is InChI=1S/C14H23BrN2O2S/c1-14(2,3)19-13(18)17(4)8-5-7-16-10-12-11(15)6-9-20-12/h6,9,16H,5,7-8,10H2,1-4H3. The molecule has 1 rings (SSSR count). The predicted octanol–water partition coefficient (Wildman–Crippen LogP) is 3.86. The van der Waals surface area contributed by atoms with Crippen LogP contribution in [-0.4, -0.2) is 36.7 Å². The van der Waals surface area contributed by atoms with E-state index in [1.807, 2.05) is 20.8 Å². The molecule has 1 N–H and O–H groups in total. The van der Waals surface area contributed by atoms with Gasteiger partial charge in [0.25, 0.3) is 0 Å². The third-order valence-electron chi connectivity index (χ3n) is 2.53. The minimum absolute atomic E-state index is 0.265. The van der Waals surface area contributed by atoms with E-state index in [2.05, 4.69) is 32.7 Å². The Labute approximate surface area is 133 Å². The van der Waals surface area contributed by atoms with E-state index in [0.717, 1.165) is 24.0 Å². The Morgan fingerprint density at radius 2 is 2.20 bits per heavy atom. The zero-order valence-corrected chi connectivity index (χ0v) is 14.9. The zero-order chi connectivity index (χ0) is 15.2. The fraction of sp³-hybridized carbons (Fsp3) is 0.643. The Hall–Kier alpha value is -0.590. The van der Waals surface area contributed by atoms with Gasteiger partial charge in [-0.3, -0.25) is 0 Å². The van der Waals surface area contributed by atoms with Gasteiger partial charge in [-0.25, -0.2) is 4.79 Å². The number of thiophene rings is 1. The quantitative estimate of drug-likeness (QED) is 0.781. The molecule has 1 aromatic rings. The molecular formula is C14H23BrN2O2S. The predicted molar refractivity (Wildman–Crippen MR) is 87.2 cm³/mol. The Morgan fingerprint density at radius 1 is 1.50 bits per heavy atom. The number of hydrogen-bond acceptors (Lipinski definition) is 4. The first kappa shape index (κ1) is 17.5. The van der Waals surface area contributed by atoms with E-state index in [0.29, 0.717) is 6.54 Å². The highest BCUT2D eigenvalue weighted by molar-refractivity contribution is 9.10. The zero-order valence-electron chi connectivity index (χ0n) is 12.5. The van der Waals surface area contributed by atoms with Crippen LogP contribution in [0.3, 0.4) is 0 Å². The van der Waals surface area contributed by atoms with Gasteiger partial charge >= 0.3 is 6.09 Å². The number of hydrogen-bond donors (Lipinski definition) is 1. The summed E-state index contributed by atoms with van der Waals surface area (Å²) in [6.07, 6.45) is 0.636. The van der Waals surface area contributed by atoms with Gasteiger partial charge in [-0.1, -0.05) is 0 Å². The number of rotatable bonds is 6. The van der Waals surface area contributed by atoms with E-state index in [-0.39, 0.29) is 6.09 Å². The third kappa shape index (κ3) is 6.72. The normalized spacial score (nSPS) is 11.4.